The first kappa shape index (κ1) is 10.6. The summed E-state index contributed by atoms with van der Waals surface area (Å²) >= 11 is 5.77. The maximum absolute atomic E-state index is 5.77. The topological polar surface area (TPSA) is 41.0 Å². The van der Waals surface area contributed by atoms with Crippen LogP contribution in [0, 0.1) is 0 Å². The highest BCUT2D eigenvalue weighted by Gasteiger charge is 2.44. The third kappa shape index (κ3) is 2.38. The van der Waals surface area contributed by atoms with Crippen LogP contribution in [0.2, 0.25) is 5.15 Å². The zero-order valence-corrected chi connectivity index (χ0v) is 9.75. The largest absolute Gasteiger partial charge is 0.368 e. The fourth-order valence-corrected chi connectivity index (χ4v) is 1.76. The Bertz CT molecular complexity index is 349. The van der Waals surface area contributed by atoms with Crippen molar-refractivity contribution in [3.8, 4) is 0 Å². The highest BCUT2D eigenvalue weighted by molar-refractivity contribution is 6.29. The maximum atomic E-state index is 5.77. The van der Waals surface area contributed by atoms with E-state index in [1.807, 2.05) is 0 Å². The van der Waals surface area contributed by atoms with Gasteiger partial charge < -0.3 is 10.2 Å². The molecule has 82 valence electrons. The molecule has 4 nitrogen and oxygen atoms in total. The maximum Gasteiger partial charge on any atom is 0.134 e. The average Bonchev–Trinajstić information content (AvgIpc) is 2.96. The van der Waals surface area contributed by atoms with Crippen molar-refractivity contribution in [1.82, 2.24) is 14.9 Å². The summed E-state index contributed by atoms with van der Waals surface area (Å²) in [7, 11) is 4.23. The van der Waals surface area contributed by atoms with Gasteiger partial charge in [-0.2, -0.15) is 0 Å². The number of hydrogen-bond acceptors (Lipinski definition) is 4. The number of anilines is 1. The predicted molar refractivity (Wildman–Crippen MR) is 61.2 cm³/mol. The normalized spacial score (nSPS) is 17.9. The summed E-state index contributed by atoms with van der Waals surface area (Å²) < 4.78 is 0. The lowest BCUT2D eigenvalue weighted by molar-refractivity contribution is 0.284. The molecular weight excluding hydrogens is 212 g/mol. The van der Waals surface area contributed by atoms with Gasteiger partial charge in [0.2, 0.25) is 0 Å². The van der Waals surface area contributed by atoms with Gasteiger partial charge >= 0.3 is 0 Å². The summed E-state index contributed by atoms with van der Waals surface area (Å²) in [6, 6.07) is 1.74. The zero-order valence-electron chi connectivity index (χ0n) is 9.00. The molecule has 0 unspecified atom stereocenters. The molecule has 0 saturated heterocycles. The summed E-state index contributed by atoms with van der Waals surface area (Å²) in [5.41, 5.74) is 0.317. The summed E-state index contributed by atoms with van der Waals surface area (Å²) in [6.07, 6.45) is 3.96. The van der Waals surface area contributed by atoms with Crippen LogP contribution >= 0.6 is 11.6 Å². The number of hydrogen-bond donors (Lipinski definition) is 1. The van der Waals surface area contributed by atoms with E-state index >= 15 is 0 Å². The van der Waals surface area contributed by atoms with Crippen LogP contribution < -0.4 is 5.32 Å². The van der Waals surface area contributed by atoms with E-state index < -0.39 is 0 Å². The molecule has 1 aromatic heterocycles. The molecule has 0 amide bonds. The fourth-order valence-electron chi connectivity index (χ4n) is 1.61. The molecule has 5 heteroatoms. The Morgan fingerprint density at radius 1 is 1.47 bits per heavy atom. The molecule has 0 aliphatic heterocycles. The van der Waals surface area contributed by atoms with Crippen molar-refractivity contribution in [1.29, 1.82) is 0 Å². The van der Waals surface area contributed by atoms with E-state index in [-0.39, 0.29) is 0 Å². The van der Waals surface area contributed by atoms with Crippen molar-refractivity contribution in [3.05, 3.63) is 17.5 Å². The molecule has 1 aliphatic carbocycles. The second kappa shape index (κ2) is 3.94. The van der Waals surface area contributed by atoms with Gasteiger partial charge in [0, 0.05) is 18.2 Å². The van der Waals surface area contributed by atoms with Crippen LogP contribution in [0.4, 0.5) is 5.82 Å². The second-order valence-electron chi connectivity index (χ2n) is 4.20. The SMILES string of the molecule is CN(C)C1(CNc2cc(Cl)ncn2)CC1. The molecule has 1 fully saturated rings. The van der Waals surface area contributed by atoms with E-state index in [9.17, 15) is 0 Å². The molecule has 0 aromatic carbocycles. The van der Waals surface area contributed by atoms with Gasteiger partial charge in [0.1, 0.15) is 17.3 Å². The molecule has 1 aliphatic rings. The average molecular weight is 227 g/mol. The first-order valence-corrected chi connectivity index (χ1v) is 5.39. The molecule has 0 atom stereocenters. The van der Waals surface area contributed by atoms with Gasteiger partial charge in [-0.3, -0.25) is 0 Å². The molecule has 1 aromatic rings. The smallest absolute Gasteiger partial charge is 0.134 e. The molecule has 15 heavy (non-hydrogen) atoms. The van der Waals surface area contributed by atoms with Crippen molar-refractivity contribution in [3.63, 3.8) is 0 Å². The Morgan fingerprint density at radius 2 is 2.20 bits per heavy atom. The van der Waals surface area contributed by atoms with E-state index in [2.05, 4.69) is 34.3 Å². The van der Waals surface area contributed by atoms with Crippen molar-refractivity contribution in [2.45, 2.75) is 18.4 Å². The van der Waals surface area contributed by atoms with Crippen molar-refractivity contribution >= 4 is 17.4 Å². The summed E-state index contributed by atoms with van der Waals surface area (Å²) in [6.45, 7) is 0.910. The minimum Gasteiger partial charge on any atom is -0.368 e. The van der Waals surface area contributed by atoms with E-state index in [1.165, 1.54) is 19.2 Å². The number of halogens is 1. The lowest BCUT2D eigenvalue weighted by Crippen LogP contribution is -2.36. The number of nitrogens with one attached hydrogen (secondary N) is 1. The standard InChI is InChI=1S/C10H15ClN4/c1-15(2)10(3-4-10)6-12-9-5-8(11)13-7-14-9/h5,7H,3-4,6H2,1-2H3,(H,12,13,14). The second-order valence-corrected chi connectivity index (χ2v) is 4.59. The lowest BCUT2D eigenvalue weighted by atomic mass is 10.2. The van der Waals surface area contributed by atoms with Crippen LogP contribution in [-0.4, -0.2) is 41.0 Å². The Morgan fingerprint density at radius 3 is 2.73 bits per heavy atom. The van der Waals surface area contributed by atoms with Gasteiger partial charge in [-0.05, 0) is 26.9 Å². The van der Waals surface area contributed by atoms with Crippen molar-refractivity contribution < 1.29 is 0 Å². The fraction of sp³-hybridized carbons (Fsp3) is 0.600. The van der Waals surface area contributed by atoms with Crippen LogP contribution in [0.1, 0.15) is 12.8 Å². The van der Waals surface area contributed by atoms with Crippen LogP contribution in [0.3, 0.4) is 0 Å². The molecule has 0 radical (unpaired) electrons. The van der Waals surface area contributed by atoms with Crippen molar-refractivity contribution in [2.24, 2.45) is 0 Å². The van der Waals surface area contributed by atoms with E-state index in [0.717, 1.165) is 12.4 Å². The Balaban J connectivity index is 1.94. The number of aromatic nitrogens is 2. The van der Waals surface area contributed by atoms with Crippen LogP contribution in [-0.2, 0) is 0 Å². The Kier molecular flexibility index (Phi) is 2.80. The molecular formula is C10H15ClN4. The monoisotopic (exact) mass is 226 g/mol. The quantitative estimate of drug-likeness (QED) is 0.793. The Labute approximate surface area is 94.7 Å². The predicted octanol–water partition coefficient (Wildman–Crippen LogP) is 1.64. The summed E-state index contributed by atoms with van der Waals surface area (Å²) in [5.74, 6) is 0.795. The minimum absolute atomic E-state index is 0.317. The van der Waals surface area contributed by atoms with Crippen molar-refractivity contribution in [2.75, 3.05) is 26.0 Å². The van der Waals surface area contributed by atoms with Gasteiger partial charge in [-0.1, -0.05) is 11.6 Å². The molecule has 1 saturated carbocycles. The first-order valence-electron chi connectivity index (χ1n) is 5.01. The number of rotatable bonds is 4. The highest BCUT2D eigenvalue weighted by atomic mass is 35.5. The third-order valence-electron chi connectivity index (χ3n) is 3.01. The van der Waals surface area contributed by atoms with Gasteiger partial charge in [0.25, 0.3) is 0 Å². The summed E-state index contributed by atoms with van der Waals surface area (Å²) in [4.78, 5) is 10.2. The molecule has 0 bridgehead atoms. The van der Waals surface area contributed by atoms with Gasteiger partial charge in [-0.15, -0.1) is 0 Å². The van der Waals surface area contributed by atoms with Crippen LogP contribution in [0.5, 0.6) is 0 Å². The van der Waals surface area contributed by atoms with Crippen LogP contribution in [0.15, 0.2) is 12.4 Å². The van der Waals surface area contributed by atoms with Gasteiger partial charge in [0.05, 0.1) is 0 Å². The minimum atomic E-state index is 0.317. The van der Waals surface area contributed by atoms with Gasteiger partial charge in [-0.25, -0.2) is 9.97 Å². The molecule has 1 heterocycles. The van der Waals surface area contributed by atoms with E-state index in [4.69, 9.17) is 11.6 Å². The van der Waals surface area contributed by atoms with E-state index in [1.54, 1.807) is 6.07 Å². The van der Waals surface area contributed by atoms with E-state index in [0.29, 0.717) is 10.7 Å². The molecule has 2 rings (SSSR count). The number of nitrogens with zero attached hydrogens (tertiary/aromatic N) is 3. The lowest BCUT2D eigenvalue weighted by Gasteiger charge is -2.24. The zero-order chi connectivity index (χ0) is 10.9. The highest BCUT2D eigenvalue weighted by Crippen LogP contribution is 2.39. The summed E-state index contributed by atoms with van der Waals surface area (Å²) in [5, 5.41) is 3.77. The third-order valence-corrected chi connectivity index (χ3v) is 3.21. The number of likely N-dealkylation sites (N-methyl/N-ethyl adjacent to an activating group) is 1. The van der Waals surface area contributed by atoms with Crippen LogP contribution in [0.25, 0.3) is 0 Å². The molecule has 1 N–H and O–H groups in total. The molecule has 0 spiro atoms. The Hall–Kier alpha value is -0.870. The first-order chi connectivity index (χ1) is 7.12. The van der Waals surface area contributed by atoms with Gasteiger partial charge in [0.15, 0.2) is 0 Å².